The maximum absolute atomic E-state index is 12.6. The Kier molecular flexibility index (Phi) is 6.44. The molecule has 6 nitrogen and oxygen atoms in total. The van der Waals surface area contributed by atoms with Crippen LogP contribution in [0.15, 0.2) is 34.8 Å². The highest BCUT2D eigenvalue weighted by Crippen LogP contribution is 2.31. The molecule has 1 fully saturated rings. The van der Waals surface area contributed by atoms with Crippen LogP contribution in [0.1, 0.15) is 17.0 Å². The van der Waals surface area contributed by atoms with Gasteiger partial charge in [-0.1, -0.05) is 12.1 Å². The first-order chi connectivity index (χ1) is 13.1. The summed E-state index contributed by atoms with van der Waals surface area (Å²) >= 11 is 1.61. The lowest BCUT2D eigenvalue weighted by Crippen LogP contribution is -2.44. The average molecular weight is 395 g/mol. The first kappa shape index (κ1) is 19.3. The molecule has 146 valence electrons. The van der Waals surface area contributed by atoms with Gasteiger partial charge < -0.3 is 20.3 Å². The molecule has 0 radical (unpaired) electrons. The fourth-order valence-electron chi connectivity index (χ4n) is 3.06. The van der Waals surface area contributed by atoms with Crippen LogP contribution < -0.4 is 20.3 Å². The molecule has 0 aliphatic carbocycles. The zero-order chi connectivity index (χ0) is 19.2. The van der Waals surface area contributed by atoms with E-state index in [1.54, 1.807) is 36.6 Å². The summed E-state index contributed by atoms with van der Waals surface area (Å²) in [5, 5.41) is 6.70. The number of para-hydroxylation sites is 2. The van der Waals surface area contributed by atoms with E-state index in [9.17, 15) is 8.78 Å². The molecule has 2 aromatic rings. The fraction of sp³-hybridized carbons (Fsp3) is 0.444. The fourth-order valence-corrected chi connectivity index (χ4v) is 3.78. The number of rotatable bonds is 6. The average Bonchev–Trinajstić information content (AvgIpc) is 3.27. The van der Waals surface area contributed by atoms with Gasteiger partial charge in [0.2, 0.25) is 0 Å². The summed E-state index contributed by atoms with van der Waals surface area (Å²) in [6, 6.07) is 7.06. The monoisotopic (exact) mass is 395 g/mol. The number of ether oxygens (including phenoxy) is 1. The third kappa shape index (κ3) is 5.06. The lowest BCUT2D eigenvalue weighted by atomic mass is 10.2. The molecule has 0 spiro atoms. The van der Waals surface area contributed by atoms with Crippen molar-refractivity contribution in [1.29, 1.82) is 0 Å². The molecule has 2 heterocycles. The number of hydrogen-bond donors (Lipinski definition) is 2. The molecule has 9 heteroatoms. The number of thiazole rings is 1. The SMILES string of the molecule is CN=C(NCc1scnc1C)NC1CCN(c2ccccc2OC(F)F)C1. The van der Waals surface area contributed by atoms with E-state index in [4.69, 9.17) is 0 Å². The Balaban J connectivity index is 1.57. The minimum atomic E-state index is -2.83. The van der Waals surface area contributed by atoms with Crippen LogP contribution >= 0.6 is 11.3 Å². The van der Waals surface area contributed by atoms with Gasteiger partial charge in [-0.05, 0) is 25.5 Å². The molecule has 0 saturated carbocycles. The Bertz CT molecular complexity index is 783. The van der Waals surface area contributed by atoms with E-state index < -0.39 is 6.61 Å². The predicted molar refractivity (Wildman–Crippen MR) is 104 cm³/mol. The van der Waals surface area contributed by atoms with Crippen molar-refractivity contribution in [2.45, 2.75) is 32.5 Å². The molecule has 0 amide bonds. The van der Waals surface area contributed by atoms with Crippen LogP contribution in [-0.4, -0.2) is 43.7 Å². The second-order valence-electron chi connectivity index (χ2n) is 6.21. The van der Waals surface area contributed by atoms with E-state index in [0.717, 1.165) is 18.7 Å². The van der Waals surface area contributed by atoms with Crippen LogP contribution in [0.2, 0.25) is 0 Å². The highest BCUT2D eigenvalue weighted by atomic mass is 32.1. The number of nitrogens with zero attached hydrogens (tertiary/aromatic N) is 3. The third-order valence-electron chi connectivity index (χ3n) is 4.44. The van der Waals surface area contributed by atoms with E-state index >= 15 is 0 Å². The Morgan fingerprint density at radius 1 is 1.44 bits per heavy atom. The molecule has 3 rings (SSSR count). The number of aliphatic imine (C=N–C) groups is 1. The van der Waals surface area contributed by atoms with Crippen molar-refractivity contribution in [3.63, 3.8) is 0 Å². The minimum Gasteiger partial charge on any atom is -0.433 e. The highest BCUT2D eigenvalue weighted by molar-refractivity contribution is 7.09. The molecule has 1 saturated heterocycles. The van der Waals surface area contributed by atoms with Crippen molar-refractivity contribution in [3.05, 3.63) is 40.3 Å². The van der Waals surface area contributed by atoms with Gasteiger partial charge >= 0.3 is 6.61 Å². The zero-order valence-electron chi connectivity index (χ0n) is 15.3. The number of anilines is 1. The Morgan fingerprint density at radius 3 is 2.96 bits per heavy atom. The molecule has 27 heavy (non-hydrogen) atoms. The number of benzene rings is 1. The van der Waals surface area contributed by atoms with Gasteiger partial charge in [-0.3, -0.25) is 4.99 Å². The highest BCUT2D eigenvalue weighted by Gasteiger charge is 2.26. The quantitative estimate of drug-likeness (QED) is 0.582. The molecule has 1 aliphatic rings. The molecule has 1 aromatic heterocycles. The van der Waals surface area contributed by atoms with E-state index in [-0.39, 0.29) is 11.8 Å². The normalized spacial score (nSPS) is 17.4. The van der Waals surface area contributed by atoms with E-state index in [2.05, 4.69) is 30.2 Å². The smallest absolute Gasteiger partial charge is 0.387 e. The number of hydrogen-bond acceptors (Lipinski definition) is 5. The number of alkyl halides is 2. The molecular weight excluding hydrogens is 372 g/mol. The van der Waals surface area contributed by atoms with Crippen molar-refractivity contribution in [2.24, 2.45) is 4.99 Å². The Hall–Kier alpha value is -2.42. The summed E-state index contributed by atoms with van der Waals surface area (Å²) in [4.78, 5) is 11.7. The standard InChI is InChI=1S/C18H23F2N5OS/c1-12-16(27-11-23-12)9-22-18(21-2)24-13-7-8-25(10-13)14-5-3-4-6-15(14)26-17(19)20/h3-6,11,13,17H,7-10H2,1-2H3,(H2,21,22,24). The Morgan fingerprint density at radius 2 is 2.26 bits per heavy atom. The Labute approximate surface area is 161 Å². The van der Waals surface area contributed by atoms with Gasteiger partial charge in [0.1, 0.15) is 5.75 Å². The van der Waals surface area contributed by atoms with Crippen LogP contribution in [0.25, 0.3) is 0 Å². The number of nitrogens with one attached hydrogen (secondary N) is 2. The van der Waals surface area contributed by atoms with Crippen LogP contribution in [0.3, 0.4) is 0 Å². The summed E-state index contributed by atoms with van der Waals surface area (Å²) in [6.07, 6.45) is 0.878. The van der Waals surface area contributed by atoms with Crippen molar-refractivity contribution in [1.82, 2.24) is 15.6 Å². The van der Waals surface area contributed by atoms with E-state index in [1.165, 1.54) is 4.88 Å². The van der Waals surface area contributed by atoms with Gasteiger partial charge in [-0.2, -0.15) is 8.78 Å². The maximum atomic E-state index is 12.6. The first-order valence-corrected chi connectivity index (χ1v) is 9.59. The van der Waals surface area contributed by atoms with Crippen molar-refractivity contribution in [3.8, 4) is 5.75 Å². The number of aryl methyl sites for hydroxylation is 1. The third-order valence-corrected chi connectivity index (χ3v) is 5.37. The molecule has 0 bridgehead atoms. The van der Waals surface area contributed by atoms with Crippen molar-refractivity contribution < 1.29 is 13.5 Å². The maximum Gasteiger partial charge on any atom is 0.387 e. The zero-order valence-corrected chi connectivity index (χ0v) is 16.1. The molecular formula is C18H23F2N5OS. The number of halogens is 2. The summed E-state index contributed by atoms with van der Waals surface area (Å²) < 4.78 is 29.9. The van der Waals surface area contributed by atoms with Crippen molar-refractivity contribution >= 4 is 23.0 Å². The summed E-state index contributed by atoms with van der Waals surface area (Å²) in [6.45, 7) is 1.26. The summed E-state index contributed by atoms with van der Waals surface area (Å²) in [5.74, 6) is 0.920. The van der Waals surface area contributed by atoms with Crippen LogP contribution in [0, 0.1) is 6.92 Å². The van der Waals surface area contributed by atoms with Crippen LogP contribution in [-0.2, 0) is 6.54 Å². The van der Waals surface area contributed by atoms with Gasteiger partial charge in [-0.25, -0.2) is 4.98 Å². The molecule has 1 atom stereocenters. The second kappa shape index (κ2) is 8.98. The second-order valence-corrected chi connectivity index (χ2v) is 7.15. The van der Waals surface area contributed by atoms with Gasteiger partial charge in [0.15, 0.2) is 5.96 Å². The largest absolute Gasteiger partial charge is 0.433 e. The lowest BCUT2D eigenvalue weighted by Gasteiger charge is -2.22. The minimum absolute atomic E-state index is 0.165. The van der Waals surface area contributed by atoms with Crippen molar-refractivity contribution in [2.75, 3.05) is 25.0 Å². The molecule has 1 aliphatic heterocycles. The topological polar surface area (TPSA) is 61.8 Å². The molecule has 2 N–H and O–H groups in total. The molecule has 1 aromatic carbocycles. The lowest BCUT2D eigenvalue weighted by molar-refractivity contribution is -0.0495. The van der Waals surface area contributed by atoms with E-state index in [0.29, 0.717) is 24.7 Å². The number of aromatic nitrogens is 1. The number of guanidine groups is 1. The van der Waals surface area contributed by atoms with Crippen LogP contribution in [0.5, 0.6) is 5.75 Å². The van der Waals surface area contributed by atoms with Gasteiger partial charge in [0.25, 0.3) is 0 Å². The predicted octanol–water partition coefficient (Wildman–Crippen LogP) is 3.00. The summed E-state index contributed by atoms with van der Waals surface area (Å²) in [5.41, 5.74) is 3.53. The van der Waals surface area contributed by atoms with Gasteiger partial charge in [0, 0.05) is 31.1 Å². The van der Waals surface area contributed by atoms with Crippen LogP contribution in [0.4, 0.5) is 14.5 Å². The van der Waals surface area contributed by atoms with E-state index in [1.807, 2.05) is 18.5 Å². The van der Waals surface area contributed by atoms with Gasteiger partial charge in [-0.15, -0.1) is 11.3 Å². The van der Waals surface area contributed by atoms with Gasteiger partial charge in [0.05, 0.1) is 23.4 Å². The molecule has 1 unspecified atom stereocenters. The summed E-state index contributed by atoms with van der Waals surface area (Å²) in [7, 11) is 1.73. The first-order valence-electron chi connectivity index (χ1n) is 8.71.